The molecule has 52 valence electrons. The zero-order chi connectivity index (χ0) is 7.61. The second kappa shape index (κ2) is 2.20. The maximum absolute atomic E-state index is 9.39. The topological polar surface area (TPSA) is 33.4 Å². The van der Waals surface area contributed by atoms with Crippen LogP contribution < -0.4 is 0 Å². The van der Waals surface area contributed by atoms with Crippen molar-refractivity contribution < 1.29 is 9.52 Å². The van der Waals surface area contributed by atoms with Gasteiger partial charge >= 0.3 is 0 Å². The molecule has 0 saturated carbocycles. The van der Waals surface area contributed by atoms with Crippen molar-refractivity contribution in [1.82, 2.24) is 0 Å². The lowest BCUT2D eigenvalue weighted by atomic mass is 10.0. The number of hydrogen-bond acceptors (Lipinski definition) is 2. The van der Waals surface area contributed by atoms with Crippen LogP contribution in [0.1, 0.15) is 12.5 Å². The SMILES string of the molecule is C#CC(C)(O)c1ccoc1. The first-order chi connectivity index (χ1) is 4.67. The minimum Gasteiger partial charge on any atom is -0.472 e. The highest BCUT2D eigenvalue weighted by molar-refractivity contribution is 5.24. The maximum Gasteiger partial charge on any atom is 0.150 e. The fourth-order valence-electron chi connectivity index (χ4n) is 0.625. The van der Waals surface area contributed by atoms with E-state index in [-0.39, 0.29) is 0 Å². The Labute approximate surface area is 59.5 Å². The molecule has 1 rings (SSSR count). The average molecular weight is 136 g/mol. The molecule has 0 aliphatic rings. The Morgan fingerprint density at radius 1 is 1.80 bits per heavy atom. The summed E-state index contributed by atoms with van der Waals surface area (Å²) in [6.45, 7) is 1.54. The highest BCUT2D eigenvalue weighted by Gasteiger charge is 2.19. The zero-order valence-corrected chi connectivity index (χ0v) is 5.66. The summed E-state index contributed by atoms with van der Waals surface area (Å²) in [5.74, 6) is 2.24. The molecule has 1 unspecified atom stereocenters. The molecule has 1 atom stereocenters. The van der Waals surface area contributed by atoms with Crippen molar-refractivity contribution in [1.29, 1.82) is 0 Å². The van der Waals surface area contributed by atoms with Gasteiger partial charge in [0, 0.05) is 5.56 Å². The van der Waals surface area contributed by atoms with Gasteiger partial charge in [-0.2, -0.15) is 0 Å². The lowest BCUT2D eigenvalue weighted by Gasteiger charge is -2.12. The van der Waals surface area contributed by atoms with E-state index in [1.165, 1.54) is 19.5 Å². The van der Waals surface area contributed by atoms with E-state index in [1.807, 2.05) is 0 Å². The summed E-state index contributed by atoms with van der Waals surface area (Å²) in [4.78, 5) is 0. The molecule has 0 fully saturated rings. The molecule has 1 N–H and O–H groups in total. The van der Waals surface area contributed by atoms with Gasteiger partial charge < -0.3 is 9.52 Å². The van der Waals surface area contributed by atoms with Crippen molar-refractivity contribution in [2.45, 2.75) is 12.5 Å². The van der Waals surface area contributed by atoms with Crippen molar-refractivity contribution in [2.24, 2.45) is 0 Å². The molecular weight excluding hydrogens is 128 g/mol. The Morgan fingerprint density at radius 3 is 2.90 bits per heavy atom. The van der Waals surface area contributed by atoms with E-state index in [9.17, 15) is 5.11 Å². The predicted molar refractivity (Wildman–Crippen MR) is 37.1 cm³/mol. The highest BCUT2D eigenvalue weighted by Crippen LogP contribution is 2.18. The number of hydrogen-bond donors (Lipinski definition) is 1. The van der Waals surface area contributed by atoms with E-state index in [4.69, 9.17) is 10.8 Å². The van der Waals surface area contributed by atoms with Crippen LogP contribution in [0.2, 0.25) is 0 Å². The third kappa shape index (κ3) is 1.04. The van der Waals surface area contributed by atoms with Crippen LogP contribution in [0, 0.1) is 12.3 Å². The molecule has 2 nitrogen and oxygen atoms in total. The van der Waals surface area contributed by atoms with Gasteiger partial charge in [0.2, 0.25) is 0 Å². The third-order valence-corrected chi connectivity index (χ3v) is 1.36. The molecule has 0 amide bonds. The van der Waals surface area contributed by atoms with Gasteiger partial charge in [-0.15, -0.1) is 6.42 Å². The minimum atomic E-state index is -1.20. The summed E-state index contributed by atoms with van der Waals surface area (Å²) < 4.78 is 4.75. The zero-order valence-electron chi connectivity index (χ0n) is 5.66. The molecule has 0 saturated heterocycles. The molecule has 1 aromatic heterocycles. The van der Waals surface area contributed by atoms with E-state index in [0.29, 0.717) is 5.56 Å². The van der Waals surface area contributed by atoms with Crippen LogP contribution in [0.5, 0.6) is 0 Å². The molecule has 0 aliphatic carbocycles. The van der Waals surface area contributed by atoms with Gasteiger partial charge in [0.15, 0.2) is 5.60 Å². The smallest absolute Gasteiger partial charge is 0.150 e. The molecule has 1 heterocycles. The minimum absolute atomic E-state index is 0.606. The Bertz CT molecular complexity index is 239. The number of rotatable bonds is 1. The van der Waals surface area contributed by atoms with Gasteiger partial charge in [0.05, 0.1) is 12.5 Å². The lowest BCUT2D eigenvalue weighted by Crippen LogP contribution is -2.16. The van der Waals surface area contributed by atoms with Crippen LogP contribution in [0.3, 0.4) is 0 Å². The van der Waals surface area contributed by atoms with Crippen LogP contribution >= 0.6 is 0 Å². The van der Waals surface area contributed by atoms with E-state index >= 15 is 0 Å². The summed E-state index contributed by atoms with van der Waals surface area (Å²) in [5, 5.41) is 9.39. The first-order valence-corrected chi connectivity index (χ1v) is 2.89. The monoisotopic (exact) mass is 136 g/mol. The Kier molecular flexibility index (Phi) is 1.52. The molecular formula is C8H8O2. The molecule has 0 spiro atoms. The van der Waals surface area contributed by atoms with Gasteiger partial charge in [0.25, 0.3) is 0 Å². The lowest BCUT2D eigenvalue weighted by molar-refractivity contribution is 0.121. The van der Waals surface area contributed by atoms with Gasteiger partial charge in [0.1, 0.15) is 0 Å². The maximum atomic E-state index is 9.39. The van der Waals surface area contributed by atoms with Crippen molar-refractivity contribution in [2.75, 3.05) is 0 Å². The highest BCUT2D eigenvalue weighted by atomic mass is 16.3. The van der Waals surface area contributed by atoms with Gasteiger partial charge in [-0.05, 0) is 13.0 Å². The van der Waals surface area contributed by atoms with Gasteiger partial charge in [-0.1, -0.05) is 5.92 Å². The van der Waals surface area contributed by atoms with Crippen molar-refractivity contribution in [3.05, 3.63) is 24.2 Å². The second-order valence-electron chi connectivity index (χ2n) is 2.23. The first-order valence-electron chi connectivity index (χ1n) is 2.89. The molecule has 10 heavy (non-hydrogen) atoms. The van der Waals surface area contributed by atoms with E-state index in [2.05, 4.69) is 5.92 Å². The van der Waals surface area contributed by atoms with Gasteiger partial charge in [-0.25, -0.2) is 0 Å². The van der Waals surface area contributed by atoms with E-state index in [0.717, 1.165) is 0 Å². The quantitative estimate of drug-likeness (QED) is 0.587. The van der Waals surface area contributed by atoms with Crippen molar-refractivity contribution >= 4 is 0 Å². The normalized spacial score (nSPS) is 15.7. The van der Waals surface area contributed by atoms with Crippen molar-refractivity contribution in [3.63, 3.8) is 0 Å². The van der Waals surface area contributed by atoms with Gasteiger partial charge in [-0.3, -0.25) is 0 Å². The second-order valence-corrected chi connectivity index (χ2v) is 2.23. The van der Waals surface area contributed by atoms with Crippen LogP contribution in [-0.4, -0.2) is 5.11 Å². The molecule has 0 aromatic carbocycles. The van der Waals surface area contributed by atoms with Crippen LogP contribution in [0.15, 0.2) is 23.0 Å². The van der Waals surface area contributed by atoms with Crippen molar-refractivity contribution in [3.8, 4) is 12.3 Å². The number of furan rings is 1. The van der Waals surface area contributed by atoms with Crippen LogP contribution in [-0.2, 0) is 5.60 Å². The Balaban J connectivity index is 2.99. The molecule has 2 heteroatoms. The average Bonchev–Trinajstić information content (AvgIpc) is 2.38. The third-order valence-electron chi connectivity index (χ3n) is 1.36. The fraction of sp³-hybridized carbons (Fsp3) is 0.250. The van der Waals surface area contributed by atoms with Crippen LogP contribution in [0.25, 0.3) is 0 Å². The van der Waals surface area contributed by atoms with Crippen LogP contribution in [0.4, 0.5) is 0 Å². The molecule has 0 radical (unpaired) electrons. The molecule has 0 bridgehead atoms. The predicted octanol–water partition coefficient (Wildman–Crippen LogP) is 1.12. The first kappa shape index (κ1) is 6.91. The summed E-state index contributed by atoms with van der Waals surface area (Å²) in [6.07, 6.45) is 7.96. The number of terminal acetylenes is 1. The molecule has 0 aliphatic heterocycles. The summed E-state index contributed by atoms with van der Waals surface area (Å²) in [5.41, 5.74) is -0.595. The largest absolute Gasteiger partial charge is 0.472 e. The van der Waals surface area contributed by atoms with E-state index in [1.54, 1.807) is 6.07 Å². The Morgan fingerprint density at radius 2 is 2.50 bits per heavy atom. The Hall–Kier alpha value is -1.20. The number of aliphatic hydroxyl groups is 1. The fourth-order valence-corrected chi connectivity index (χ4v) is 0.625. The molecule has 1 aromatic rings. The summed E-state index contributed by atoms with van der Waals surface area (Å²) in [7, 11) is 0. The standard InChI is InChI=1S/C8H8O2/c1-3-8(2,9)7-4-5-10-6-7/h1,4-6,9H,2H3. The van der Waals surface area contributed by atoms with E-state index < -0.39 is 5.60 Å². The summed E-state index contributed by atoms with van der Waals surface area (Å²) in [6, 6.07) is 1.64. The summed E-state index contributed by atoms with van der Waals surface area (Å²) >= 11 is 0.